The van der Waals surface area contributed by atoms with Crippen molar-refractivity contribution in [1.82, 2.24) is 19.7 Å². The molecule has 1 N–H and O–H groups in total. The molecule has 0 unspecified atom stereocenters. The van der Waals surface area contributed by atoms with Gasteiger partial charge < -0.3 is 10.1 Å². The summed E-state index contributed by atoms with van der Waals surface area (Å²) in [4.78, 5) is 8.55. The molecule has 0 aliphatic heterocycles. The number of hydrogen-bond acceptors (Lipinski definition) is 5. The molecule has 2 rings (SSSR count). The molecule has 2 aromatic heterocycles. The molecule has 0 radical (unpaired) electrons. The van der Waals surface area contributed by atoms with Crippen LogP contribution < -0.4 is 10.1 Å². The molecular weight excluding hydrogens is 254 g/mol. The number of aromatic nitrogens is 4. The number of nitrogens with one attached hydrogen (secondary N) is 1. The normalized spacial score (nSPS) is 13.1. The Morgan fingerprint density at radius 1 is 1.35 bits per heavy atom. The van der Waals surface area contributed by atoms with Gasteiger partial charge in [-0.2, -0.15) is 10.1 Å². The van der Waals surface area contributed by atoms with E-state index >= 15 is 0 Å². The van der Waals surface area contributed by atoms with E-state index in [1.807, 2.05) is 19.4 Å². The molecule has 0 aromatic carbocycles. The van der Waals surface area contributed by atoms with Crippen LogP contribution in [0.3, 0.4) is 0 Å². The summed E-state index contributed by atoms with van der Waals surface area (Å²) >= 11 is 0. The van der Waals surface area contributed by atoms with Gasteiger partial charge in [-0.25, -0.2) is 4.98 Å². The lowest BCUT2D eigenvalue weighted by molar-refractivity contribution is 0.345. The maximum Gasteiger partial charge on any atom is 0.226 e. The van der Waals surface area contributed by atoms with Gasteiger partial charge in [0.15, 0.2) is 0 Å². The largest absolute Gasteiger partial charge is 0.481 e. The zero-order valence-corrected chi connectivity index (χ0v) is 12.6. The van der Waals surface area contributed by atoms with Crippen molar-refractivity contribution in [3.63, 3.8) is 0 Å². The topological polar surface area (TPSA) is 64.9 Å². The Kier molecular flexibility index (Phi) is 3.92. The lowest BCUT2D eigenvalue weighted by atomic mass is 9.83. The Bertz CT molecular complexity index is 573. The standard InChI is InChI=1S/C14H21N5O/c1-14(2,3)12(10-8-16-19(4)9-10)18-13-15-7-6-11(17-13)20-5/h6-9,12H,1-5H3,(H,15,17,18)/t12-/m0/s1. The summed E-state index contributed by atoms with van der Waals surface area (Å²) in [6.07, 6.45) is 5.54. The van der Waals surface area contributed by atoms with Gasteiger partial charge in [-0.3, -0.25) is 4.68 Å². The van der Waals surface area contributed by atoms with E-state index in [0.29, 0.717) is 11.8 Å². The lowest BCUT2D eigenvalue weighted by Gasteiger charge is -2.30. The Balaban J connectivity index is 2.28. The first-order valence-corrected chi connectivity index (χ1v) is 6.52. The molecule has 0 amide bonds. The molecule has 20 heavy (non-hydrogen) atoms. The van der Waals surface area contributed by atoms with E-state index in [9.17, 15) is 0 Å². The van der Waals surface area contributed by atoms with Crippen LogP contribution in [0.4, 0.5) is 5.95 Å². The minimum atomic E-state index is -0.00449. The smallest absolute Gasteiger partial charge is 0.226 e. The number of nitrogens with zero attached hydrogens (tertiary/aromatic N) is 4. The molecule has 0 spiro atoms. The van der Waals surface area contributed by atoms with Gasteiger partial charge in [-0.05, 0) is 5.41 Å². The zero-order chi connectivity index (χ0) is 14.8. The predicted molar refractivity (Wildman–Crippen MR) is 77.6 cm³/mol. The molecule has 0 saturated heterocycles. The van der Waals surface area contributed by atoms with Crippen LogP contribution in [-0.2, 0) is 7.05 Å². The molecule has 0 aliphatic carbocycles. The number of ether oxygens (including phenoxy) is 1. The second kappa shape index (κ2) is 5.48. The molecule has 6 nitrogen and oxygen atoms in total. The highest BCUT2D eigenvalue weighted by Crippen LogP contribution is 2.34. The Labute approximate surface area is 119 Å². The molecule has 1 atom stereocenters. The van der Waals surface area contributed by atoms with Crippen LogP contribution in [0.2, 0.25) is 0 Å². The number of hydrogen-bond donors (Lipinski definition) is 1. The third kappa shape index (κ3) is 3.26. The fourth-order valence-electron chi connectivity index (χ4n) is 2.04. The van der Waals surface area contributed by atoms with Crippen LogP contribution >= 0.6 is 0 Å². The molecule has 0 bridgehead atoms. The highest BCUT2D eigenvalue weighted by Gasteiger charge is 2.28. The van der Waals surface area contributed by atoms with Crippen LogP contribution in [0.5, 0.6) is 5.88 Å². The number of methoxy groups -OCH3 is 1. The summed E-state index contributed by atoms with van der Waals surface area (Å²) in [6, 6.07) is 1.78. The van der Waals surface area contributed by atoms with Crippen molar-refractivity contribution in [1.29, 1.82) is 0 Å². The minimum absolute atomic E-state index is 0.00449. The summed E-state index contributed by atoms with van der Waals surface area (Å²) in [5.41, 5.74) is 1.10. The summed E-state index contributed by atoms with van der Waals surface area (Å²) in [7, 11) is 3.50. The first-order chi connectivity index (χ1) is 9.40. The van der Waals surface area contributed by atoms with E-state index in [1.54, 1.807) is 24.1 Å². The minimum Gasteiger partial charge on any atom is -0.481 e. The van der Waals surface area contributed by atoms with Crippen LogP contribution in [-0.4, -0.2) is 26.9 Å². The summed E-state index contributed by atoms with van der Waals surface area (Å²) in [6.45, 7) is 6.49. The predicted octanol–water partition coefficient (Wildman–Crippen LogP) is 2.42. The number of rotatable bonds is 4. The van der Waals surface area contributed by atoms with E-state index < -0.39 is 0 Å². The quantitative estimate of drug-likeness (QED) is 0.928. The van der Waals surface area contributed by atoms with Gasteiger partial charge in [0.05, 0.1) is 19.3 Å². The van der Waals surface area contributed by atoms with Crippen molar-refractivity contribution < 1.29 is 4.74 Å². The fraction of sp³-hybridized carbons (Fsp3) is 0.500. The highest BCUT2D eigenvalue weighted by molar-refractivity contribution is 5.33. The molecule has 2 heterocycles. The van der Waals surface area contributed by atoms with Gasteiger partial charge in [0.1, 0.15) is 0 Å². The van der Waals surface area contributed by atoms with Crippen molar-refractivity contribution in [2.75, 3.05) is 12.4 Å². The summed E-state index contributed by atoms with van der Waals surface area (Å²) < 4.78 is 6.92. The Morgan fingerprint density at radius 2 is 2.10 bits per heavy atom. The van der Waals surface area contributed by atoms with Crippen molar-refractivity contribution in [3.05, 3.63) is 30.2 Å². The second-order valence-corrected chi connectivity index (χ2v) is 5.81. The monoisotopic (exact) mass is 275 g/mol. The van der Waals surface area contributed by atoms with E-state index in [4.69, 9.17) is 4.74 Å². The van der Waals surface area contributed by atoms with Crippen LogP contribution in [0.25, 0.3) is 0 Å². The second-order valence-electron chi connectivity index (χ2n) is 5.81. The first kappa shape index (κ1) is 14.3. The van der Waals surface area contributed by atoms with E-state index in [1.165, 1.54) is 0 Å². The summed E-state index contributed by atoms with van der Waals surface area (Å²) in [5.74, 6) is 1.09. The van der Waals surface area contributed by atoms with E-state index in [-0.39, 0.29) is 11.5 Å². The molecule has 0 aliphatic rings. The van der Waals surface area contributed by atoms with E-state index in [0.717, 1.165) is 5.56 Å². The third-order valence-electron chi connectivity index (χ3n) is 3.04. The highest BCUT2D eigenvalue weighted by atomic mass is 16.5. The SMILES string of the molecule is COc1ccnc(N[C@@H](c2cnn(C)c2)C(C)(C)C)n1. The van der Waals surface area contributed by atoms with Crippen LogP contribution in [0.1, 0.15) is 32.4 Å². The molecule has 2 aromatic rings. The van der Waals surface area contributed by atoms with Gasteiger partial charge in [-0.15, -0.1) is 0 Å². The first-order valence-electron chi connectivity index (χ1n) is 6.52. The van der Waals surface area contributed by atoms with Gasteiger partial charge in [0.25, 0.3) is 0 Å². The van der Waals surface area contributed by atoms with Gasteiger partial charge in [0, 0.05) is 31.1 Å². The number of anilines is 1. The van der Waals surface area contributed by atoms with Crippen molar-refractivity contribution >= 4 is 5.95 Å². The van der Waals surface area contributed by atoms with Crippen molar-refractivity contribution in [2.24, 2.45) is 12.5 Å². The zero-order valence-electron chi connectivity index (χ0n) is 12.6. The molecule has 108 valence electrons. The van der Waals surface area contributed by atoms with Crippen LogP contribution in [0, 0.1) is 5.41 Å². The van der Waals surface area contributed by atoms with Gasteiger partial charge >= 0.3 is 0 Å². The molecular formula is C14H21N5O. The fourth-order valence-corrected chi connectivity index (χ4v) is 2.04. The average Bonchev–Trinajstić information content (AvgIpc) is 2.81. The maximum atomic E-state index is 5.12. The third-order valence-corrected chi connectivity index (χ3v) is 3.04. The van der Waals surface area contributed by atoms with Crippen molar-refractivity contribution in [2.45, 2.75) is 26.8 Å². The lowest BCUT2D eigenvalue weighted by Crippen LogP contribution is -2.26. The molecule has 0 saturated carbocycles. The molecule has 6 heteroatoms. The van der Waals surface area contributed by atoms with Crippen molar-refractivity contribution in [3.8, 4) is 5.88 Å². The Hall–Kier alpha value is -2.11. The molecule has 0 fully saturated rings. The summed E-state index contributed by atoms with van der Waals surface area (Å²) in [5, 5.41) is 7.61. The average molecular weight is 275 g/mol. The van der Waals surface area contributed by atoms with Crippen LogP contribution in [0.15, 0.2) is 24.7 Å². The Morgan fingerprint density at radius 3 is 2.65 bits per heavy atom. The van der Waals surface area contributed by atoms with E-state index in [2.05, 4.69) is 41.2 Å². The van der Waals surface area contributed by atoms with Gasteiger partial charge in [0.2, 0.25) is 11.8 Å². The maximum absolute atomic E-state index is 5.12. The van der Waals surface area contributed by atoms with Gasteiger partial charge in [-0.1, -0.05) is 20.8 Å². The number of aryl methyl sites for hydroxylation is 1.